The zero-order valence-corrected chi connectivity index (χ0v) is 21.7. The van der Waals surface area contributed by atoms with Crippen LogP contribution in [-0.4, -0.2) is 5.71 Å². The molecule has 1 aliphatic heterocycles. The smallest absolute Gasteiger partial charge is 0.0674 e. The van der Waals surface area contributed by atoms with Crippen molar-refractivity contribution in [2.75, 3.05) is 0 Å². The topological polar surface area (TPSA) is 12.4 Å². The van der Waals surface area contributed by atoms with E-state index in [9.17, 15) is 0 Å². The first-order chi connectivity index (χ1) is 14.0. The first kappa shape index (κ1) is 24.9. The highest BCUT2D eigenvalue weighted by atomic mass is 127. The van der Waals surface area contributed by atoms with E-state index in [1.54, 1.807) is 5.56 Å². The summed E-state index contributed by atoms with van der Waals surface area (Å²) in [5.41, 5.74) is 5.64. The maximum atomic E-state index is 4.84. The first-order valence-electron chi connectivity index (χ1n) is 12.4. The van der Waals surface area contributed by atoms with Crippen molar-refractivity contribution in [3.63, 3.8) is 0 Å². The number of nitrogens with zero attached hydrogens (tertiary/aromatic N) is 1. The molecule has 0 saturated heterocycles. The highest BCUT2D eigenvalue weighted by molar-refractivity contribution is 14.1. The maximum absolute atomic E-state index is 4.84. The van der Waals surface area contributed by atoms with Crippen molar-refractivity contribution in [3.8, 4) is 0 Å². The van der Waals surface area contributed by atoms with Gasteiger partial charge in [0.2, 0.25) is 0 Å². The molecule has 2 heteroatoms. The van der Waals surface area contributed by atoms with Crippen LogP contribution in [0.15, 0.2) is 17.1 Å². The van der Waals surface area contributed by atoms with Gasteiger partial charge in [-0.2, -0.15) is 0 Å². The van der Waals surface area contributed by atoms with Crippen molar-refractivity contribution in [2.45, 2.75) is 129 Å². The summed E-state index contributed by atoms with van der Waals surface area (Å²) in [5.74, 6) is 0. The predicted octanol–water partition coefficient (Wildman–Crippen LogP) is 9.70. The second-order valence-electron chi connectivity index (χ2n) is 9.59. The summed E-state index contributed by atoms with van der Waals surface area (Å²) in [6.45, 7) is 9.15. The van der Waals surface area contributed by atoms with Crippen molar-refractivity contribution >= 4 is 34.0 Å². The molecule has 0 aromatic heterocycles. The molecule has 1 aliphatic rings. The molecule has 1 nitrogen and oxygen atoms in total. The molecule has 0 amide bonds. The second kappa shape index (κ2) is 13.1. The minimum atomic E-state index is 0.0991. The van der Waals surface area contributed by atoms with Gasteiger partial charge in [-0.1, -0.05) is 104 Å². The van der Waals surface area contributed by atoms with Gasteiger partial charge in [0.1, 0.15) is 0 Å². The standard InChI is InChI=1S/C27H44IN/c1-5-6-7-8-9-10-11-12-13-14-15-16-17-18-19-23-24(28)20-21-25-26(23)27(3,4)22(2)29-25/h20-21H,5-19H2,1-4H3. The second-order valence-corrected chi connectivity index (χ2v) is 10.8. The number of unbranched alkanes of at least 4 members (excludes halogenated alkanes) is 13. The third-order valence-electron chi connectivity index (χ3n) is 6.83. The maximum Gasteiger partial charge on any atom is 0.0674 e. The van der Waals surface area contributed by atoms with Gasteiger partial charge in [-0.3, -0.25) is 4.99 Å². The van der Waals surface area contributed by atoms with Crippen molar-refractivity contribution in [3.05, 3.63) is 26.8 Å². The lowest BCUT2D eigenvalue weighted by Crippen LogP contribution is -2.24. The molecule has 0 radical (unpaired) electrons. The molecule has 0 N–H and O–H groups in total. The number of rotatable bonds is 15. The Bertz CT molecular complexity index is 644. The Morgan fingerprint density at radius 1 is 0.759 bits per heavy atom. The van der Waals surface area contributed by atoms with Crippen LogP contribution < -0.4 is 0 Å². The number of benzene rings is 1. The van der Waals surface area contributed by atoms with Crippen LogP contribution in [0.2, 0.25) is 0 Å². The number of fused-ring (bicyclic) bond motifs is 1. The van der Waals surface area contributed by atoms with Gasteiger partial charge in [0.15, 0.2) is 0 Å². The van der Waals surface area contributed by atoms with Crippen LogP contribution >= 0.6 is 22.6 Å². The van der Waals surface area contributed by atoms with Crippen LogP contribution in [0.5, 0.6) is 0 Å². The molecule has 0 saturated carbocycles. The van der Waals surface area contributed by atoms with Crippen LogP contribution in [-0.2, 0) is 11.8 Å². The van der Waals surface area contributed by atoms with Crippen molar-refractivity contribution in [1.29, 1.82) is 0 Å². The minimum Gasteiger partial charge on any atom is -0.257 e. The Labute approximate surface area is 194 Å². The lowest BCUT2D eigenvalue weighted by atomic mass is 9.79. The van der Waals surface area contributed by atoms with E-state index in [1.807, 2.05) is 0 Å². The molecule has 29 heavy (non-hydrogen) atoms. The molecular formula is C27H44IN. The molecule has 1 heterocycles. The minimum absolute atomic E-state index is 0.0991. The number of hydrogen-bond acceptors (Lipinski definition) is 1. The fourth-order valence-electron chi connectivity index (χ4n) is 4.64. The third-order valence-corrected chi connectivity index (χ3v) is 7.84. The van der Waals surface area contributed by atoms with E-state index in [1.165, 1.54) is 117 Å². The molecule has 1 aromatic carbocycles. The zero-order chi connectivity index (χ0) is 21.1. The van der Waals surface area contributed by atoms with Gasteiger partial charge in [-0.05, 0) is 65.6 Å². The van der Waals surface area contributed by atoms with Gasteiger partial charge in [0, 0.05) is 14.7 Å². The quantitative estimate of drug-likeness (QED) is 0.165. The first-order valence-corrected chi connectivity index (χ1v) is 13.4. The molecule has 1 aromatic rings. The van der Waals surface area contributed by atoms with Crippen molar-refractivity contribution < 1.29 is 0 Å². The van der Waals surface area contributed by atoms with E-state index in [4.69, 9.17) is 4.99 Å². The fourth-order valence-corrected chi connectivity index (χ4v) is 5.36. The van der Waals surface area contributed by atoms with E-state index in [2.05, 4.69) is 62.4 Å². The Balaban J connectivity index is 1.56. The molecule has 0 bridgehead atoms. The fraction of sp³-hybridized carbons (Fsp3) is 0.741. The van der Waals surface area contributed by atoms with E-state index < -0.39 is 0 Å². The van der Waals surface area contributed by atoms with Gasteiger partial charge >= 0.3 is 0 Å². The van der Waals surface area contributed by atoms with Gasteiger partial charge in [0.25, 0.3) is 0 Å². The van der Waals surface area contributed by atoms with Gasteiger partial charge < -0.3 is 0 Å². The van der Waals surface area contributed by atoms with Crippen LogP contribution in [0.4, 0.5) is 5.69 Å². The van der Waals surface area contributed by atoms with Crippen LogP contribution in [0.25, 0.3) is 0 Å². The average Bonchev–Trinajstić information content (AvgIpc) is 2.92. The summed E-state index contributed by atoms with van der Waals surface area (Å²) in [6.07, 6.45) is 21.2. The SMILES string of the molecule is CCCCCCCCCCCCCCCCc1c(I)ccc2c1C(C)(C)C(C)=N2. The Morgan fingerprint density at radius 3 is 1.76 bits per heavy atom. The molecule has 0 atom stereocenters. The predicted molar refractivity (Wildman–Crippen MR) is 139 cm³/mol. The van der Waals surface area contributed by atoms with Crippen LogP contribution in [0.3, 0.4) is 0 Å². The molecule has 0 fully saturated rings. The highest BCUT2D eigenvalue weighted by Crippen LogP contribution is 2.43. The van der Waals surface area contributed by atoms with E-state index >= 15 is 0 Å². The van der Waals surface area contributed by atoms with E-state index in [0.29, 0.717) is 0 Å². The number of hydrogen-bond donors (Lipinski definition) is 0. The highest BCUT2D eigenvalue weighted by Gasteiger charge is 2.34. The van der Waals surface area contributed by atoms with Gasteiger partial charge in [-0.15, -0.1) is 0 Å². The lowest BCUT2D eigenvalue weighted by Gasteiger charge is -2.24. The Hall–Kier alpha value is -0.380. The third kappa shape index (κ3) is 7.67. The molecule has 0 unspecified atom stereocenters. The summed E-state index contributed by atoms with van der Waals surface area (Å²) < 4.78 is 1.43. The molecule has 2 rings (SSSR count). The summed E-state index contributed by atoms with van der Waals surface area (Å²) >= 11 is 2.53. The Morgan fingerprint density at radius 2 is 1.24 bits per heavy atom. The number of halogens is 1. The Kier molecular flexibility index (Phi) is 11.3. The summed E-state index contributed by atoms with van der Waals surface area (Å²) in [4.78, 5) is 4.84. The summed E-state index contributed by atoms with van der Waals surface area (Å²) in [5, 5.41) is 0. The summed E-state index contributed by atoms with van der Waals surface area (Å²) in [7, 11) is 0. The lowest BCUT2D eigenvalue weighted by molar-refractivity contribution is 0.535. The zero-order valence-electron chi connectivity index (χ0n) is 19.6. The van der Waals surface area contributed by atoms with Gasteiger partial charge in [-0.25, -0.2) is 0 Å². The summed E-state index contributed by atoms with van der Waals surface area (Å²) in [6, 6.07) is 4.47. The van der Waals surface area contributed by atoms with Crippen LogP contribution in [0.1, 0.15) is 129 Å². The van der Waals surface area contributed by atoms with Crippen LogP contribution in [0, 0.1) is 3.57 Å². The molecule has 164 valence electrons. The largest absolute Gasteiger partial charge is 0.257 e. The molecular weight excluding hydrogens is 465 g/mol. The van der Waals surface area contributed by atoms with E-state index in [-0.39, 0.29) is 5.41 Å². The number of aliphatic imine (C=N–C) groups is 1. The normalized spacial score (nSPS) is 14.9. The average molecular weight is 510 g/mol. The van der Waals surface area contributed by atoms with Crippen molar-refractivity contribution in [1.82, 2.24) is 0 Å². The van der Waals surface area contributed by atoms with Crippen molar-refractivity contribution in [2.24, 2.45) is 4.99 Å². The monoisotopic (exact) mass is 509 g/mol. The van der Waals surface area contributed by atoms with Gasteiger partial charge in [0.05, 0.1) is 5.69 Å². The van der Waals surface area contributed by atoms with E-state index in [0.717, 1.165) is 0 Å². The molecule has 0 aliphatic carbocycles. The molecule has 0 spiro atoms.